The average Bonchev–Trinajstić information content (AvgIpc) is 2.72. The highest BCUT2D eigenvalue weighted by molar-refractivity contribution is 8.01. The van der Waals surface area contributed by atoms with Gasteiger partial charge in [-0.1, -0.05) is 104 Å². The van der Waals surface area contributed by atoms with Crippen molar-refractivity contribution in [3.63, 3.8) is 0 Å². The number of halogens is 4. The number of benzene rings is 3. The Morgan fingerprint density at radius 2 is 1.00 bits per heavy atom. The molecule has 0 aromatic heterocycles. The summed E-state index contributed by atoms with van der Waals surface area (Å²) in [6.07, 6.45) is 0. The molecule has 3 aromatic carbocycles. The van der Waals surface area contributed by atoms with Gasteiger partial charge < -0.3 is 4.57 Å². The van der Waals surface area contributed by atoms with Crippen LogP contribution in [0.15, 0.2) is 60.7 Å². The average molecular weight is 528 g/mol. The van der Waals surface area contributed by atoms with Crippen LogP contribution in [0.1, 0.15) is 47.1 Å². The maximum Gasteiger partial charge on any atom is 0.248 e. The van der Waals surface area contributed by atoms with Crippen LogP contribution >= 0.6 is 53.5 Å². The van der Waals surface area contributed by atoms with E-state index in [9.17, 15) is 14.2 Å². The molecular formula is C24H19Cl4O3P. The van der Waals surface area contributed by atoms with Crippen LogP contribution in [-0.2, 0) is 9.98 Å². The molecule has 0 atom stereocenters. The van der Waals surface area contributed by atoms with Crippen LogP contribution in [0.25, 0.3) is 0 Å². The molecule has 0 aliphatic rings. The second-order valence-electron chi connectivity index (χ2n) is 8.21. The largest absolute Gasteiger partial charge is 0.302 e. The summed E-state index contributed by atoms with van der Waals surface area (Å²) < 4.78 is 14.5. The van der Waals surface area contributed by atoms with Gasteiger partial charge in [0.1, 0.15) is 0 Å². The van der Waals surface area contributed by atoms with E-state index in [1.807, 2.05) is 20.8 Å². The summed E-state index contributed by atoms with van der Waals surface area (Å²) in [5, 5.41) is 0.0193. The molecule has 0 saturated heterocycles. The fourth-order valence-corrected chi connectivity index (χ4v) is 6.95. The lowest BCUT2D eigenvalue weighted by atomic mass is 9.87. The van der Waals surface area contributed by atoms with E-state index in [1.165, 1.54) is 36.4 Å². The minimum atomic E-state index is -4.49. The summed E-state index contributed by atoms with van der Waals surface area (Å²) in [6.45, 7) is 6.06. The predicted molar refractivity (Wildman–Crippen MR) is 134 cm³/mol. The third kappa shape index (κ3) is 4.55. The Bertz CT molecular complexity index is 1150. The topological polar surface area (TPSA) is 51.2 Å². The fraction of sp³-hybridized carbons (Fsp3) is 0.167. The van der Waals surface area contributed by atoms with E-state index in [0.717, 1.165) is 5.56 Å². The molecule has 0 amide bonds. The summed E-state index contributed by atoms with van der Waals surface area (Å²) in [5.74, 6) is 0. The summed E-state index contributed by atoms with van der Waals surface area (Å²) in [4.78, 5) is 27.4. The van der Waals surface area contributed by atoms with E-state index < -0.39 is 18.2 Å². The van der Waals surface area contributed by atoms with Crippen molar-refractivity contribution in [3.05, 3.63) is 97.4 Å². The van der Waals surface area contributed by atoms with E-state index >= 15 is 0 Å². The zero-order valence-electron chi connectivity index (χ0n) is 17.5. The summed E-state index contributed by atoms with van der Waals surface area (Å²) in [7, 11) is -4.49. The van der Waals surface area contributed by atoms with Crippen molar-refractivity contribution in [3.8, 4) is 0 Å². The molecule has 0 saturated carbocycles. The van der Waals surface area contributed by atoms with Gasteiger partial charge in [-0.25, -0.2) is 0 Å². The van der Waals surface area contributed by atoms with Gasteiger partial charge in [0.15, 0.2) is 0 Å². The molecule has 0 radical (unpaired) electrons. The number of carbonyl (C=O) groups excluding carboxylic acids is 2. The van der Waals surface area contributed by atoms with Crippen molar-refractivity contribution >= 4 is 69.9 Å². The molecule has 0 aliphatic carbocycles. The van der Waals surface area contributed by atoms with Gasteiger partial charge in [0.25, 0.3) is 0 Å². The van der Waals surface area contributed by atoms with Crippen LogP contribution in [0.5, 0.6) is 0 Å². The van der Waals surface area contributed by atoms with E-state index in [1.54, 1.807) is 24.3 Å². The molecule has 0 fully saturated rings. The lowest BCUT2D eigenvalue weighted by Gasteiger charge is -2.22. The van der Waals surface area contributed by atoms with Gasteiger partial charge in [-0.05, 0) is 35.2 Å². The number of hydrogen-bond donors (Lipinski definition) is 0. The van der Waals surface area contributed by atoms with Crippen molar-refractivity contribution in [2.75, 3.05) is 0 Å². The van der Waals surface area contributed by atoms with E-state index in [0.29, 0.717) is 0 Å². The van der Waals surface area contributed by atoms with Crippen LogP contribution in [0.3, 0.4) is 0 Å². The van der Waals surface area contributed by atoms with Crippen molar-refractivity contribution in [1.82, 2.24) is 0 Å². The lowest BCUT2D eigenvalue weighted by molar-refractivity contribution is 0.104. The van der Waals surface area contributed by atoms with Crippen molar-refractivity contribution in [2.45, 2.75) is 26.2 Å². The molecule has 166 valence electrons. The Labute approximate surface area is 207 Å². The van der Waals surface area contributed by atoms with Crippen LogP contribution in [-0.4, -0.2) is 11.0 Å². The van der Waals surface area contributed by atoms with Gasteiger partial charge in [0, 0.05) is 5.30 Å². The van der Waals surface area contributed by atoms with Gasteiger partial charge in [-0.2, -0.15) is 0 Å². The fourth-order valence-electron chi connectivity index (χ4n) is 3.22. The van der Waals surface area contributed by atoms with Crippen LogP contribution in [0.4, 0.5) is 0 Å². The molecule has 3 rings (SSSR count). The zero-order chi connectivity index (χ0) is 23.8. The molecular weight excluding hydrogens is 509 g/mol. The Kier molecular flexibility index (Phi) is 7.29. The highest BCUT2D eigenvalue weighted by atomic mass is 35.5. The van der Waals surface area contributed by atoms with Gasteiger partial charge in [0.05, 0.1) is 31.2 Å². The summed E-state index contributed by atoms with van der Waals surface area (Å²) in [5.41, 5.74) is -1.56. The molecule has 0 bridgehead atoms. The van der Waals surface area contributed by atoms with Crippen LogP contribution in [0.2, 0.25) is 20.1 Å². The van der Waals surface area contributed by atoms with Crippen molar-refractivity contribution in [2.24, 2.45) is 0 Å². The SMILES string of the molecule is CC(C)(C)c1ccc(P(=O)(C(=O)c2c(Cl)cccc2Cl)C(=O)c2c(Cl)cccc2Cl)cc1. The third-order valence-electron chi connectivity index (χ3n) is 5.02. The minimum absolute atomic E-state index is 0.00732. The predicted octanol–water partition coefficient (Wildman–Crippen LogP) is 8.27. The first kappa shape index (κ1) is 25.0. The van der Waals surface area contributed by atoms with Gasteiger partial charge >= 0.3 is 0 Å². The first-order valence-corrected chi connectivity index (χ1v) is 12.8. The second-order valence-corrected chi connectivity index (χ2v) is 12.4. The van der Waals surface area contributed by atoms with Gasteiger partial charge in [-0.3, -0.25) is 9.59 Å². The normalized spacial score (nSPS) is 12.0. The molecule has 8 heteroatoms. The van der Waals surface area contributed by atoms with Crippen LogP contribution < -0.4 is 5.30 Å². The summed E-state index contributed by atoms with van der Waals surface area (Å²) in [6, 6.07) is 15.4. The van der Waals surface area contributed by atoms with Gasteiger partial charge in [-0.15, -0.1) is 0 Å². The molecule has 32 heavy (non-hydrogen) atoms. The highest BCUT2D eigenvalue weighted by Gasteiger charge is 2.45. The molecule has 3 nitrogen and oxygen atoms in total. The Balaban J connectivity index is 2.30. The third-order valence-corrected chi connectivity index (χ3v) is 8.90. The summed E-state index contributed by atoms with van der Waals surface area (Å²) >= 11 is 24.9. The van der Waals surface area contributed by atoms with E-state index in [-0.39, 0.29) is 41.9 Å². The Hall–Kier alpha value is -1.61. The van der Waals surface area contributed by atoms with Crippen molar-refractivity contribution in [1.29, 1.82) is 0 Å². The monoisotopic (exact) mass is 526 g/mol. The molecule has 0 aliphatic heterocycles. The minimum Gasteiger partial charge on any atom is -0.302 e. The maximum atomic E-state index is 14.5. The van der Waals surface area contributed by atoms with E-state index in [4.69, 9.17) is 46.4 Å². The number of carbonyl (C=O) groups is 2. The first-order valence-electron chi connectivity index (χ1n) is 9.58. The first-order chi connectivity index (χ1) is 14.9. The standard InChI is InChI=1S/C24H19Cl4O3P/c1-24(2,3)14-10-12-15(13-11-14)32(31,22(29)20-16(25)6-4-7-17(20)26)23(30)21-18(27)8-5-9-19(21)28/h4-13H,1-3H3. The smallest absolute Gasteiger partial charge is 0.248 e. The van der Waals surface area contributed by atoms with E-state index in [2.05, 4.69) is 0 Å². The quantitative estimate of drug-likeness (QED) is 0.314. The highest BCUT2D eigenvalue weighted by Crippen LogP contribution is 2.54. The van der Waals surface area contributed by atoms with Crippen molar-refractivity contribution < 1.29 is 14.2 Å². The second kappa shape index (κ2) is 9.33. The zero-order valence-corrected chi connectivity index (χ0v) is 21.4. The Morgan fingerprint density at radius 3 is 1.31 bits per heavy atom. The van der Waals surface area contributed by atoms with Crippen LogP contribution in [0, 0.1) is 0 Å². The molecule has 0 N–H and O–H groups in total. The molecule has 3 aromatic rings. The maximum absolute atomic E-state index is 14.5. The van der Waals surface area contributed by atoms with Gasteiger partial charge in [0.2, 0.25) is 18.2 Å². The molecule has 0 heterocycles. The number of rotatable bonds is 5. The molecule has 0 spiro atoms. The number of hydrogen-bond acceptors (Lipinski definition) is 3. The molecule has 0 unspecified atom stereocenters. The Morgan fingerprint density at radius 1 is 0.656 bits per heavy atom. The lowest BCUT2D eigenvalue weighted by Crippen LogP contribution is -2.22.